The number of rotatable bonds is 11. The van der Waals surface area contributed by atoms with Gasteiger partial charge < -0.3 is 16.0 Å². The molecule has 1 unspecified atom stereocenters. The largest absolute Gasteiger partial charge is 0.325 e. The third kappa shape index (κ3) is 8.79. The summed E-state index contributed by atoms with van der Waals surface area (Å²) < 4.78 is 0. The molecule has 1 atom stereocenters. The van der Waals surface area contributed by atoms with Gasteiger partial charge >= 0.3 is 0 Å². The zero-order valence-electron chi connectivity index (χ0n) is 23.9. The van der Waals surface area contributed by atoms with E-state index >= 15 is 0 Å². The van der Waals surface area contributed by atoms with Crippen LogP contribution >= 0.6 is 23.4 Å². The first-order valence-electron chi connectivity index (χ1n) is 13.6. The Labute approximate surface area is 263 Å². The number of thioether (sulfide) groups is 1. The standard InChI is InChI=1S/C33H29ClN4O5S/c1-3-30(33(41)36-28-19-24(34)15-12-21(28)2)44-27-11-7-10-25(20-27)35-32(40)29(37-31(39)23-8-5-4-6-9-23)18-22-13-16-26(17-14-22)38(42)43/h4-20,30H,3H2,1-2H3,(H,35,40)(H,36,41)(H,37,39)/b29-18+. The third-order valence-corrected chi connectivity index (χ3v) is 8.03. The van der Waals surface area contributed by atoms with Crippen molar-refractivity contribution in [2.75, 3.05) is 10.6 Å². The number of benzene rings is 4. The lowest BCUT2D eigenvalue weighted by molar-refractivity contribution is -0.384. The van der Waals surface area contributed by atoms with E-state index in [1.54, 1.807) is 60.7 Å². The van der Waals surface area contributed by atoms with Crippen molar-refractivity contribution in [2.45, 2.75) is 30.4 Å². The van der Waals surface area contributed by atoms with Crippen molar-refractivity contribution >= 4 is 64.2 Å². The summed E-state index contributed by atoms with van der Waals surface area (Å²) in [6.07, 6.45) is 1.99. The smallest absolute Gasteiger partial charge is 0.272 e. The predicted molar refractivity (Wildman–Crippen MR) is 175 cm³/mol. The van der Waals surface area contributed by atoms with Crippen molar-refractivity contribution in [2.24, 2.45) is 0 Å². The van der Waals surface area contributed by atoms with Crippen LogP contribution in [0, 0.1) is 17.0 Å². The SMILES string of the molecule is CCC(Sc1cccc(NC(=O)/C(=C\c2ccc([N+](=O)[O-])cc2)NC(=O)c2ccccc2)c1)C(=O)Nc1cc(Cl)ccc1C. The topological polar surface area (TPSA) is 130 Å². The lowest BCUT2D eigenvalue weighted by Gasteiger charge is -2.17. The quantitative estimate of drug-likeness (QED) is 0.0683. The van der Waals surface area contributed by atoms with Crippen molar-refractivity contribution in [3.8, 4) is 0 Å². The number of non-ortho nitro benzene ring substituents is 1. The maximum absolute atomic E-state index is 13.4. The van der Waals surface area contributed by atoms with Crippen LogP contribution < -0.4 is 16.0 Å². The van der Waals surface area contributed by atoms with Gasteiger partial charge in [0.1, 0.15) is 5.70 Å². The molecule has 224 valence electrons. The molecule has 0 aliphatic rings. The lowest BCUT2D eigenvalue weighted by Crippen LogP contribution is -2.30. The highest BCUT2D eigenvalue weighted by Crippen LogP contribution is 2.30. The van der Waals surface area contributed by atoms with E-state index in [1.807, 2.05) is 26.0 Å². The van der Waals surface area contributed by atoms with Crippen molar-refractivity contribution < 1.29 is 19.3 Å². The van der Waals surface area contributed by atoms with Gasteiger partial charge in [0.15, 0.2) is 0 Å². The second kappa shape index (κ2) is 15.0. The Hall–Kier alpha value is -4.93. The number of nitro groups is 1. The number of hydrogen-bond donors (Lipinski definition) is 3. The fourth-order valence-electron chi connectivity index (χ4n) is 4.08. The Kier molecular flexibility index (Phi) is 10.9. The van der Waals surface area contributed by atoms with E-state index in [4.69, 9.17) is 11.6 Å². The molecule has 0 fully saturated rings. The fraction of sp³-hybridized carbons (Fsp3) is 0.121. The number of halogens is 1. The van der Waals surface area contributed by atoms with Gasteiger partial charge in [0.05, 0.1) is 10.2 Å². The molecule has 0 aliphatic carbocycles. The number of amides is 3. The lowest BCUT2D eigenvalue weighted by atomic mass is 10.1. The molecular weight excluding hydrogens is 600 g/mol. The van der Waals surface area contributed by atoms with E-state index in [2.05, 4.69) is 16.0 Å². The molecule has 0 spiro atoms. The number of hydrogen-bond acceptors (Lipinski definition) is 6. The molecule has 3 N–H and O–H groups in total. The van der Waals surface area contributed by atoms with Gasteiger partial charge in [-0.1, -0.05) is 48.9 Å². The van der Waals surface area contributed by atoms with Crippen LogP contribution in [0.1, 0.15) is 34.8 Å². The molecule has 11 heteroatoms. The second-order valence-electron chi connectivity index (χ2n) is 9.67. The maximum atomic E-state index is 13.4. The molecule has 0 heterocycles. The van der Waals surface area contributed by atoms with Crippen molar-refractivity contribution in [3.05, 3.63) is 135 Å². The molecule has 0 aromatic heterocycles. The molecule has 3 amide bonds. The third-order valence-electron chi connectivity index (χ3n) is 6.43. The monoisotopic (exact) mass is 628 g/mol. The zero-order chi connectivity index (χ0) is 31.6. The molecule has 0 saturated carbocycles. The van der Waals surface area contributed by atoms with Crippen molar-refractivity contribution in [1.29, 1.82) is 0 Å². The normalized spacial score (nSPS) is 11.8. The maximum Gasteiger partial charge on any atom is 0.272 e. The minimum Gasteiger partial charge on any atom is -0.325 e. The van der Waals surface area contributed by atoms with Crippen LogP contribution in [0.15, 0.2) is 108 Å². The van der Waals surface area contributed by atoms with E-state index in [1.165, 1.54) is 42.1 Å². The summed E-state index contributed by atoms with van der Waals surface area (Å²) in [6, 6.07) is 26.4. The first kappa shape index (κ1) is 32.0. The number of carbonyl (C=O) groups excluding carboxylic acids is 3. The number of nitrogens with one attached hydrogen (secondary N) is 3. The first-order chi connectivity index (χ1) is 21.1. The van der Waals surface area contributed by atoms with E-state index in [0.29, 0.717) is 33.9 Å². The molecule has 4 aromatic rings. The summed E-state index contributed by atoms with van der Waals surface area (Å²) in [5.41, 5.74) is 2.66. The zero-order valence-corrected chi connectivity index (χ0v) is 25.4. The number of nitro benzene ring substituents is 1. The average Bonchev–Trinajstić information content (AvgIpc) is 3.02. The van der Waals surface area contributed by atoms with E-state index in [0.717, 1.165) is 10.5 Å². The highest BCUT2D eigenvalue weighted by Gasteiger charge is 2.20. The van der Waals surface area contributed by atoms with Crippen LogP contribution in [-0.4, -0.2) is 27.9 Å². The van der Waals surface area contributed by atoms with Gasteiger partial charge in [-0.15, -0.1) is 11.8 Å². The Morgan fingerprint density at radius 1 is 0.932 bits per heavy atom. The molecular formula is C33H29ClN4O5S. The molecule has 4 rings (SSSR count). The van der Waals surface area contributed by atoms with E-state index < -0.39 is 22.0 Å². The highest BCUT2D eigenvalue weighted by atomic mass is 35.5. The molecule has 0 bridgehead atoms. The van der Waals surface area contributed by atoms with E-state index in [-0.39, 0.29) is 17.3 Å². The summed E-state index contributed by atoms with van der Waals surface area (Å²) in [5, 5.41) is 19.6. The summed E-state index contributed by atoms with van der Waals surface area (Å²) in [5.74, 6) is -1.27. The number of nitrogens with zero attached hydrogens (tertiary/aromatic N) is 1. The van der Waals surface area contributed by atoms with Gasteiger partial charge in [-0.25, -0.2) is 0 Å². The molecule has 4 aromatic carbocycles. The number of aryl methyl sites for hydroxylation is 1. The Morgan fingerprint density at radius 3 is 2.34 bits per heavy atom. The minimum atomic E-state index is -0.601. The van der Waals surface area contributed by atoms with Crippen molar-refractivity contribution in [1.82, 2.24) is 5.32 Å². The highest BCUT2D eigenvalue weighted by molar-refractivity contribution is 8.00. The van der Waals surface area contributed by atoms with Crippen LogP contribution in [0.4, 0.5) is 17.1 Å². The van der Waals surface area contributed by atoms with Gasteiger partial charge in [0.2, 0.25) is 5.91 Å². The van der Waals surface area contributed by atoms with E-state index in [9.17, 15) is 24.5 Å². The van der Waals surface area contributed by atoms with Crippen molar-refractivity contribution in [3.63, 3.8) is 0 Å². The fourth-order valence-corrected chi connectivity index (χ4v) is 5.26. The molecule has 0 radical (unpaired) electrons. The summed E-state index contributed by atoms with van der Waals surface area (Å²) in [7, 11) is 0. The van der Waals surface area contributed by atoms with Gasteiger partial charge in [0.25, 0.3) is 17.5 Å². The number of anilines is 2. The number of carbonyl (C=O) groups is 3. The van der Waals surface area contributed by atoms with Crippen LogP contribution in [0.25, 0.3) is 6.08 Å². The Bertz CT molecular complexity index is 1710. The molecule has 0 aliphatic heterocycles. The Balaban J connectivity index is 1.52. The second-order valence-corrected chi connectivity index (χ2v) is 11.4. The summed E-state index contributed by atoms with van der Waals surface area (Å²) in [4.78, 5) is 50.7. The van der Waals surface area contributed by atoms with Crippen LogP contribution in [0.2, 0.25) is 5.02 Å². The molecule has 0 saturated heterocycles. The van der Waals surface area contributed by atoms with Gasteiger partial charge in [-0.05, 0) is 85.1 Å². The summed E-state index contributed by atoms with van der Waals surface area (Å²) >= 11 is 7.46. The van der Waals surface area contributed by atoms with Gasteiger partial charge in [0, 0.05) is 39.0 Å². The Morgan fingerprint density at radius 2 is 1.66 bits per heavy atom. The average molecular weight is 629 g/mol. The first-order valence-corrected chi connectivity index (χ1v) is 14.9. The van der Waals surface area contributed by atoms with Crippen LogP contribution in [-0.2, 0) is 9.59 Å². The van der Waals surface area contributed by atoms with Gasteiger partial charge in [-0.3, -0.25) is 24.5 Å². The molecule has 44 heavy (non-hydrogen) atoms. The molecule has 9 nitrogen and oxygen atoms in total. The van der Waals surface area contributed by atoms with Gasteiger partial charge in [-0.2, -0.15) is 0 Å². The minimum absolute atomic E-state index is 0.0616. The summed E-state index contributed by atoms with van der Waals surface area (Å²) in [6.45, 7) is 3.80. The predicted octanol–water partition coefficient (Wildman–Crippen LogP) is 7.48. The van der Waals surface area contributed by atoms with Crippen LogP contribution in [0.3, 0.4) is 0 Å². The van der Waals surface area contributed by atoms with Crippen LogP contribution in [0.5, 0.6) is 0 Å².